The Morgan fingerprint density at radius 1 is 1.62 bits per heavy atom. The van der Waals surface area contributed by atoms with Gasteiger partial charge >= 0.3 is 0 Å². The SMILES string of the molecule is Cc1ncc(C(F)F)c(Br)c1CCl. The van der Waals surface area contributed by atoms with Gasteiger partial charge < -0.3 is 0 Å². The van der Waals surface area contributed by atoms with Crippen molar-refractivity contribution in [3.8, 4) is 0 Å². The quantitative estimate of drug-likeness (QED) is 0.744. The molecule has 1 nitrogen and oxygen atoms in total. The summed E-state index contributed by atoms with van der Waals surface area (Å²) in [6.45, 7) is 1.73. The van der Waals surface area contributed by atoms with Crippen LogP contribution in [0.15, 0.2) is 10.7 Å². The lowest BCUT2D eigenvalue weighted by molar-refractivity contribution is 0.150. The highest BCUT2D eigenvalue weighted by Gasteiger charge is 2.16. The fraction of sp³-hybridized carbons (Fsp3) is 0.375. The van der Waals surface area contributed by atoms with Gasteiger partial charge in [0, 0.05) is 21.9 Å². The highest BCUT2D eigenvalue weighted by Crippen LogP contribution is 2.31. The Morgan fingerprint density at radius 2 is 2.23 bits per heavy atom. The molecule has 0 spiro atoms. The second-order valence-electron chi connectivity index (χ2n) is 2.53. The van der Waals surface area contributed by atoms with Gasteiger partial charge in [-0.05, 0) is 22.9 Å². The number of aryl methyl sites for hydroxylation is 1. The van der Waals surface area contributed by atoms with Gasteiger partial charge in [0.2, 0.25) is 0 Å². The minimum absolute atomic E-state index is 0.110. The van der Waals surface area contributed by atoms with Crippen LogP contribution >= 0.6 is 27.5 Å². The van der Waals surface area contributed by atoms with Crippen LogP contribution in [0, 0.1) is 6.92 Å². The van der Waals surface area contributed by atoms with Gasteiger partial charge in [0.05, 0.1) is 11.4 Å². The second kappa shape index (κ2) is 4.33. The lowest BCUT2D eigenvalue weighted by atomic mass is 10.2. The second-order valence-corrected chi connectivity index (χ2v) is 3.59. The number of pyridine rings is 1. The molecule has 0 unspecified atom stereocenters. The smallest absolute Gasteiger partial charge is 0.261 e. The first-order valence-corrected chi connectivity index (χ1v) is 4.88. The minimum Gasteiger partial charge on any atom is -0.261 e. The first kappa shape index (κ1) is 10.9. The number of aromatic nitrogens is 1. The Morgan fingerprint density at radius 3 is 2.69 bits per heavy atom. The maximum absolute atomic E-state index is 12.4. The van der Waals surface area contributed by atoms with Gasteiger partial charge in [0.1, 0.15) is 0 Å². The standard InChI is InChI=1S/C8H7BrClF2N/c1-4-5(2-10)7(9)6(3-13-4)8(11)12/h3,8H,2H2,1H3. The molecule has 0 atom stereocenters. The zero-order chi connectivity index (χ0) is 10.0. The maximum atomic E-state index is 12.4. The predicted octanol–water partition coefficient (Wildman–Crippen LogP) is 3.83. The van der Waals surface area contributed by atoms with Crippen molar-refractivity contribution in [2.24, 2.45) is 0 Å². The summed E-state index contributed by atoms with van der Waals surface area (Å²) in [6.07, 6.45) is -1.36. The number of alkyl halides is 3. The van der Waals surface area contributed by atoms with E-state index in [-0.39, 0.29) is 11.4 Å². The van der Waals surface area contributed by atoms with Crippen molar-refractivity contribution in [2.75, 3.05) is 0 Å². The zero-order valence-electron chi connectivity index (χ0n) is 6.82. The predicted molar refractivity (Wildman–Crippen MR) is 51.2 cm³/mol. The fourth-order valence-corrected chi connectivity index (χ4v) is 2.13. The summed E-state index contributed by atoms with van der Waals surface area (Å²) in [5, 5.41) is 0. The largest absolute Gasteiger partial charge is 0.266 e. The van der Waals surface area contributed by atoms with Crippen LogP contribution < -0.4 is 0 Å². The maximum Gasteiger partial charge on any atom is 0.266 e. The van der Waals surface area contributed by atoms with Crippen LogP contribution in [0.2, 0.25) is 0 Å². The summed E-state index contributed by atoms with van der Waals surface area (Å²) in [5.74, 6) is 0.181. The molecule has 0 N–H and O–H groups in total. The van der Waals surface area contributed by atoms with Crippen molar-refractivity contribution in [3.05, 3.63) is 27.5 Å². The third-order valence-corrected chi connectivity index (χ3v) is 2.92. The highest BCUT2D eigenvalue weighted by molar-refractivity contribution is 9.10. The first-order chi connectivity index (χ1) is 6.07. The molecule has 1 aromatic rings. The highest BCUT2D eigenvalue weighted by atomic mass is 79.9. The summed E-state index contributed by atoms with van der Waals surface area (Å²) in [4.78, 5) is 3.84. The van der Waals surface area contributed by atoms with E-state index >= 15 is 0 Å². The Kier molecular flexibility index (Phi) is 3.62. The molecular formula is C8H7BrClF2N. The van der Waals surface area contributed by atoms with E-state index in [1.807, 2.05) is 0 Å². The Labute approximate surface area is 88.2 Å². The molecule has 0 aromatic carbocycles. The number of nitrogens with zero attached hydrogens (tertiary/aromatic N) is 1. The van der Waals surface area contributed by atoms with Gasteiger partial charge in [-0.2, -0.15) is 0 Å². The third-order valence-electron chi connectivity index (χ3n) is 1.72. The van der Waals surface area contributed by atoms with Gasteiger partial charge in [0.25, 0.3) is 6.43 Å². The normalized spacial score (nSPS) is 10.9. The molecule has 1 heterocycles. The van der Waals surface area contributed by atoms with Crippen LogP contribution in [0.25, 0.3) is 0 Å². The molecule has 0 saturated heterocycles. The van der Waals surface area contributed by atoms with Crippen molar-refractivity contribution in [2.45, 2.75) is 19.2 Å². The van der Waals surface area contributed by atoms with Crippen molar-refractivity contribution in [1.82, 2.24) is 4.98 Å². The number of hydrogen-bond donors (Lipinski definition) is 0. The Bertz CT molecular complexity index is 317. The van der Waals surface area contributed by atoms with Gasteiger partial charge in [-0.1, -0.05) is 0 Å². The number of rotatable bonds is 2. The molecule has 0 aliphatic heterocycles. The number of hydrogen-bond acceptors (Lipinski definition) is 1. The van der Waals surface area contributed by atoms with Crippen LogP contribution in [-0.4, -0.2) is 4.98 Å². The topological polar surface area (TPSA) is 12.9 Å². The van der Waals surface area contributed by atoms with Gasteiger partial charge in [-0.15, -0.1) is 11.6 Å². The monoisotopic (exact) mass is 269 g/mol. The van der Waals surface area contributed by atoms with Crippen molar-refractivity contribution in [1.29, 1.82) is 0 Å². The summed E-state index contributed by atoms with van der Waals surface area (Å²) in [5.41, 5.74) is 1.19. The Hall–Kier alpha value is -0.220. The van der Waals surface area contributed by atoms with Gasteiger partial charge in [0.15, 0.2) is 0 Å². The molecule has 0 amide bonds. The van der Waals surface area contributed by atoms with Crippen LogP contribution in [0.5, 0.6) is 0 Å². The fourth-order valence-electron chi connectivity index (χ4n) is 0.942. The lowest BCUT2D eigenvalue weighted by Crippen LogP contribution is -1.97. The molecule has 72 valence electrons. The average molecular weight is 271 g/mol. The van der Waals surface area contributed by atoms with Crippen molar-refractivity contribution < 1.29 is 8.78 Å². The molecule has 0 fully saturated rings. The Balaban J connectivity index is 3.27. The molecule has 0 radical (unpaired) electrons. The van der Waals surface area contributed by atoms with Crippen molar-refractivity contribution in [3.63, 3.8) is 0 Å². The summed E-state index contributed by atoms with van der Waals surface area (Å²) in [7, 11) is 0. The minimum atomic E-state index is -2.52. The molecule has 5 heteroatoms. The van der Waals surface area contributed by atoms with E-state index in [4.69, 9.17) is 11.6 Å². The van der Waals surface area contributed by atoms with Crippen LogP contribution in [0.1, 0.15) is 23.2 Å². The van der Waals surface area contributed by atoms with E-state index in [1.165, 1.54) is 6.20 Å². The van der Waals surface area contributed by atoms with Crippen LogP contribution in [0.3, 0.4) is 0 Å². The summed E-state index contributed by atoms with van der Waals surface area (Å²) in [6, 6.07) is 0. The van der Waals surface area contributed by atoms with E-state index < -0.39 is 6.43 Å². The molecule has 0 bridgehead atoms. The van der Waals surface area contributed by atoms with Gasteiger partial charge in [-0.25, -0.2) is 8.78 Å². The molecule has 0 saturated carbocycles. The van der Waals surface area contributed by atoms with Gasteiger partial charge in [-0.3, -0.25) is 4.98 Å². The van der Waals surface area contributed by atoms with E-state index in [0.717, 1.165) is 0 Å². The van der Waals surface area contributed by atoms with Crippen LogP contribution in [0.4, 0.5) is 8.78 Å². The lowest BCUT2D eigenvalue weighted by Gasteiger charge is -2.08. The molecule has 0 aliphatic carbocycles. The third kappa shape index (κ3) is 2.17. The summed E-state index contributed by atoms with van der Waals surface area (Å²) < 4.78 is 25.1. The van der Waals surface area contributed by atoms with E-state index in [9.17, 15) is 8.78 Å². The number of halogens is 4. The zero-order valence-corrected chi connectivity index (χ0v) is 9.16. The van der Waals surface area contributed by atoms with E-state index in [2.05, 4.69) is 20.9 Å². The average Bonchev–Trinajstić information content (AvgIpc) is 2.04. The van der Waals surface area contributed by atoms with Crippen LogP contribution in [-0.2, 0) is 5.88 Å². The van der Waals surface area contributed by atoms with E-state index in [0.29, 0.717) is 15.7 Å². The van der Waals surface area contributed by atoms with E-state index in [1.54, 1.807) is 6.92 Å². The summed E-state index contributed by atoms with van der Waals surface area (Å²) >= 11 is 8.69. The molecule has 0 aliphatic rings. The molecule has 1 rings (SSSR count). The van der Waals surface area contributed by atoms with Crippen molar-refractivity contribution >= 4 is 27.5 Å². The molecule has 1 aromatic heterocycles. The molecule has 13 heavy (non-hydrogen) atoms. The first-order valence-electron chi connectivity index (χ1n) is 3.56. The molecular weight excluding hydrogens is 263 g/mol.